The molecular weight excluding hydrogens is 177 g/mol. The van der Waals surface area contributed by atoms with Crippen LogP contribution in [-0.2, 0) is 9.31 Å². The van der Waals surface area contributed by atoms with Gasteiger partial charge in [-0.15, -0.1) is 0 Å². The van der Waals surface area contributed by atoms with Crippen LogP contribution in [0.3, 0.4) is 0 Å². The van der Waals surface area contributed by atoms with E-state index in [9.17, 15) is 0 Å². The van der Waals surface area contributed by atoms with E-state index < -0.39 is 0 Å². The second kappa shape index (κ2) is 3.22. The average molecular weight is 197 g/mol. The maximum atomic E-state index is 5.96. The van der Waals surface area contributed by atoms with Crippen LogP contribution in [0.4, 0.5) is 0 Å². The first kappa shape index (κ1) is 10.5. The molecule has 2 aliphatic heterocycles. The van der Waals surface area contributed by atoms with Crippen molar-refractivity contribution in [1.82, 2.24) is 5.32 Å². The average Bonchev–Trinajstić information content (AvgIpc) is 2.58. The summed E-state index contributed by atoms with van der Waals surface area (Å²) in [5.74, 6) is 0.385. The van der Waals surface area contributed by atoms with Crippen LogP contribution in [0, 0.1) is 0 Å². The normalized spacial score (nSPS) is 35.1. The number of hydrogen-bond donors (Lipinski definition) is 1. The maximum absolute atomic E-state index is 5.96. The summed E-state index contributed by atoms with van der Waals surface area (Å²) in [5.41, 5.74) is -0.385. The first-order valence-corrected chi connectivity index (χ1v) is 5.51. The van der Waals surface area contributed by atoms with E-state index in [1.807, 2.05) is 0 Å². The van der Waals surface area contributed by atoms with E-state index >= 15 is 0 Å². The summed E-state index contributed by atoms with van der Waals surface area (Å²) >= 11 is 0. The van der Waals surface area contributed by atoms with Gasteiger partial charge in [0.2, 0.25) is 0 Å². The SMILES string of the molecule is CC1(C)OB([C@@H]2CCCN2)OC1(C)C. The molecule has 2 aliphatic rings. The molecule has 0 aliphatic carbocycles. The van der Waals surface area contributed by atoms with Gasteiger partial charge in [0.15, 0.2) is 0 Å². The first-order valence-electron chi connectivity index (χ1n) is 5.51. The Morgan fingerprint density at radius 3 is 2.14 bits per heavy atom. The Morgan fingerprint density at radius 2 is 1.71 bits per heavy atom. The third kappa shape index (κ3) is 1.60. The fraction of sp³-hybridized carbons (Fsp3) is 1.00. The second-order valence-electron chi connectivity index (χ2n) is 5.33. The Balaban J connectivity index is 2.05. The lowest BCUT2D eigenvalue weighted by molar-refractivity contribution is 0.00578. The van der Waals surface area contributed by atoms with Gasteiger partial charge in [-0.05, 0) is 47.1 Å². The Morgan fingerprint density at radius 1 is 1.14 bits per heavy atom. The molecule has 0 aromatic carbocycles. The molecule has 14 heavy (non-hydrogen) atoms. The predicted octanol–water partition coefficient (Wildman–Crippen LogP) is 1.37. The first-order chi connectivity index (χ1) is 6.42. The molecule has 1 N–H and O–H groups in total. The van der Waals surface area contributed by atoms with Gasteiger partial charge >= 0.3 is 7.12 Å². The van der Waals surface area contributed by atoms with Gasteiger partial charge in [0, 0.05) is 5.94 Å². The zero-order chi connectivity index (χ0) is 10.4. The fourth-order valence-electron chi connectivity index (χ4n) is 2.00. The lowest BCUT2D eigenvalue weighted by atomic mass is 9.77. The summed E-state index contributed by atoms with van der Waals surface area (Å²) in [5, 5.41) is 3.42. The van der Waals surface area contributed by atoms with Crippen molar-refractivity contribution in [3.8, 4) is 0 Å². The molecular formula is C10H20BNO2. The summed E-state index contributed by atoms with van der Waals surface area (Å²) in [7, 11) is -0.0671. The van der Waals surface area contributed by atoms with E-state index in [0.29, 0.717) is 5.94 Å². The molecule has 2 rings (SSSR count). The molecule has 0 spiro atoms. The molecule has 0 aromatic heterocycles. The van der Waals surface area contributed by atoms with Crippen molar-refractivity contribution in [3.05, 3.63) is 0 Å². The molecule has 0 aromatic rings. The highest BCUT2D eigenvalue weighted by Gasteiger charge is 2.53. The summed E-state index contributed by atoms with van der Waals surface area (Å²) in [6.07, 6.45) is 2.39. The fourth-order valence-corrected chi connectivity index (χ4v) is 2.00. The van der Waals surface area contributed by atoms with Crippen molar-refractivity contribution >= 4 is 7.12 Å². The van der Waals surface area contributed by atoms with Crippen molar-refractivity contribution in [2.45, 2.75) is 57.7 Å². The monoisotopic (exact) mass is 197 g/mol. The maximum Gasteiger partial charge on any atom is 0.476 e. The number of rotatable bonds is 1. The van der Waals surface area contributed by atoms with Gasteiger partial charge in [0.1, 0.15) is 0 Å². The third-order valence-corrected chi connectivity index (χ3v) is 3.70. The molecule has 2 heterocycles. The van der Waals surface area contributed by atoms with Gasteiger partial charge in [0.25, 0.3) is 0 Å². The number of hydrogen-bond acceptors (Lipinski definition) is 3. The second-order valence-corrected chi connectivity index (χ2v) is 5.33. The van der Waals surface area contributed by atoms with Crippen molar-refractivity contribution in [2.75, 3.05) is 6.54 Å². The molecule has 2 fully saturated rings. The largest absolute Gasteiger partial charge is 0.476 e. The topological polar surface area (TPSA) is 30.5 Å². The molecule has 0 radical (unpaired) electrons. The lowest BCUT2D eigenvalue weighted by Crippen LogP contribution is -2.41. The highest BCUT2D eigenvalue weighted by molar-refractivity contribution is 6.47. The Bertz CT molecular complexity index is 208. The van der Waals surface area contributed by atoms with Crippen molar-refractivity contribution in [2.24, 2.45) is 0 Å². The number of nitrogens with one attached hydrogen (secondary N) is 1. The highest BCUT2D eigenvalue weighted by atomic mass is 16.7. The van der Waals surface area contributed by atoms with Crippen LogP contribution in [0.1, 0.15) is 40.5 Å². The minimum atomic E-state index is -0.193. The molecule has 0 saturated carbocycles. The van der Waals surface area contributed by atoms with Crippen molar-refractivity contribution in [3.63, 3.8) is 0 Å². The molecule has 0 bridgehead atoms. The Kier molecular flexibility index (Phi) is 2.41. The molecule has 1 atom stereocenters. The van der Waals surface area contributed by atoms with E-state index in [4.69, 9.17) is 9.31 Å². The molecule has 2 saturated heterocycles. The quantitative estimate of drug-likeness (QED) is 0.644. The van der Waals surface area contributed by atoms with Crippen molar-refractivity contribution in [1.29, 1.82) is 0 Å². The predicted molar refractivity (Wildman–Crippen MR) is 57.1 cm³/mol. The minimum Gasteiger partial charge on any atom is -0.402 e. The summed E-state index contributed by atoms with van der Waals surface area (Å²) in [4.78, 5) is 0. The standard InChI is InChI=1S/C10H20BNO2/c1-9(2)10(3,4)14-11(13-9)8-6-5-7-12-8/h8,12H,5-7H2,1-4H3/t8-/m0/s1. The van der Waals surface area contributed by atoms with Crippen LogP contribution in [0.5, 0.6) is 0 Å². The molecule has 80 valence electrons. The van der Waals surface area contributed by atoms with Gasteiger partial charge < -0.3 is 14.6 Å². The molecule has 0 unspecified atom stereocenters. The Hall–Kier alpha value is -0.0551. The van der Waals surface area contributed by atoms with Crippen LogP contribution in [0.25, 0.3) is 0 Å². The molecule has 4 heteroatoms. The van der Waals surface area contributed by atoms with Crippen LogP contribution in [0.2, 0.25) is 0 Å². The van der Waals surface area contributed by atoms with Gasteiger partial charge in [-0.2, -0.15) is 0 Å². The summed E-state index contributed by atoms with van der Waals surface area (Å²) in [6.45, 7) is 9.49. The Labute approximate surface area is 86.7 Å². The minimum absolute atomic E-state index is 0.0671. The van der Waals surface area contributed by atoms with Crippen LogP contribution >= 0.6 is 0 Å². The van der Waals surface area contributed by atoms with E-state index in [2.05, 4.69) is 33.0 Å². The van der Waals surface area contributed by atoms with E-state index in [0.717, 1.165) is 13.0 Å². The van der Waals surface area contributed by atoms with Crippen molar-refractivity contribution < 1.29 is 9.31 Å². The highest BCUT2D eigenvalue weighted by Crippen LogP contribution is 2.38. The molecule has 0 amide bonds. The van der Waals surface area contributed by atoms with E-state index in [1.54, 1.807) is 0 Å². The van der Waals surface area contributed by atoms with Gasteiger partial charge in [-0.3, -0.25) is 0 Å². The zero-order valence-electron chi connectivity index (χ0n) is 9.59. The van der Waals surface area contributed by atoms with E-state index in [1.165, 1.54) is 6.42 Å². The lowest BCUT2D eigenvalue weighted by Gasteiger charge is -2.32. The summed E-state index contributed by atoms with van der Waals surface area (Å²) < 4.78 is 11.9. The van der Waals surface area contributed by atoms with Crippen LogP contribution in [-0.4, -0.2) is 30.8 Å². The zero-order valence-corrected chi connectivity index (χ0v) is 9.59. The van der Waals surface area contributed by atoms with Crippen LogP contribution < -0.4 is 5.32 Å². The van der Waals surface area contributed by atoms with Crippen LogP contribution in [0.15, 0.2) is 0 Å². The van der Waals surface area contributed by atoms with Gasteiger partial charge in [-0.25, -0.2) is 0 Å². The summed E-state index contributed by atoms with van der Waals surface area (Å²) in [6, 6.07) is 0. The molecule has 3 nitrogen and oxygen atoms in total. The van der Waals surface area contributed by atoms with Gasteiger partial charge in [0.05, 0.1) is 11.2 Å². The smallest absolute Gasteiger partial charge is 0.402 e. The third-order valence-electron chi connectivity index (χ3n) is 3.70. The van der Waals surface area contributed by atoms with Gasteiger partial charge in [-0.1, -0.05) is 0 Å². The van der Waals surface area contributed by atoms with E-state index in [-0.39, 0.29) is 18.3 Å².